The zero-order valence-electron chi connectivity index (χ0n) is 11.4. The summed E-state index contributed by atoms with van der Waals surface area (Å²) >= 11 is 0. The molecule has 1 unspecified atom stereocenters. The van der Waals surface area contributed by atoms with Crippen LogP contribution < -0.4 is 0 Å². The maximum Gasteiger partial charge on any atom is 0.303 e. The molecule has 0 heterocycles. The number of ether oxygens (including phenoxy) is 1. The predicted molar refractivity (Wildman–Crippen MR) is 68.2 cm³/mol. The largest absolute Gasteiger partial charge is 0.459 e. The van der Waals surface area contributed by atoms with Crippen LogP contribution in [0.15, 0.2) is 12.2 Å². The summed E-state index contributed by atoms with van der Waals surface area (Å²) in [5.74, 6) is 0.0944. The second-order valence-corrected chi connectivity index (χ2v) is 6.50. The fraction of sp³-hybridized carbons (Fsp3) is 0.733. The Labute approximate surface area is 112 Å². The van der Waals surface area contributed by atoms with Crippen molar-refractivity contribution in [2.75, 3.05) is 0 Å². The number of rotatable bonds is 1. The van der Waals surface area contributed by atoms with E-state index in [4.69, 9.17) is 4.74 Å². The van der Waals surface area contributed by atoms with Gasteiger partial charge in [-0.3, -0.25) is 9.59 Å². The van der Waals surface area contributed by atoms with E-state index < -0.39 is 11.7 Å². The van der Waals surface area contributed by atoms with Crippen LogP contribution in [0.3, 0.4) is 0 Å². The molecule has 3 saturated carbocycles. The van der Waals surface area contributed by atoms with Gasteiger partial charge in [-0.2, -0.15) is 0 Å². The molecular formula is C15H20O4. The molecule has 4 aliphatic carbocycles. The van der Waals surface area contributed by atoms with Gasteiger partial charge in [0.15, 0.2) is 5.78 Å². The van der Waals surface area contributed by atoms with Crippen LogP contribution >= 0.6 is 0 Å². The van der Waals surface area contributed by atoms with Gasteiger partial charge >= 0.3 is 5.97 Å². The summed E-state index contributed by atoms with van der Waals surface area (Å²) in [5.41, 5.74) is -1.34. The molecule has 0 amide bonds. The number of esters is 1. The van der Waals surface area contributed by atoms with Gasteiger partial charge in [0.25, 0.3) is 0 Å². The van der Waals surface area contributed by atoms with Crippen molar-refractivity contribution in [3.8, 4) is 0 Å². The first-order chi connectivity index (χ1) is 8.86. The van der Waals surface area contributed by atoms with Gasteiger partial charge in [0, 0.05) is 18.8 Å². The van der Waals surface area contributed by atoms with Crippen molar-refractivity contribution in [1.82, 2.24) is 0 Å². The highest BCUT2D eigenvalue weighted by Crippen LogP contribution is 2.61. The third-order valence-corrected chi connectivity index (χ3v) is 5.41. The zero-order valence-corrected chi connectivity index (χ0v) is 11.4. The number of allylic oxidation sites excluding steroid dienone is 1. The van der Waals surface area contributed by atoms with Crippen molar-refractivity contribution in [1.29, 1.82) is 0 Å². The van der Waals surface area contributed by atoms with E-state index in [2.05, 4.69) is 0 Å². The Morgan fingerprint density at radius 2 is 2.21 bits per heavy atom. The van der Waals surface area contributed by atoms with Gasteiger partial charge < -0.3 is 9.84 Å². The standard InChI is InChI=1S/C15H20O4/c1-9(16)19-13-14(2,18)10-3-5-15(13)6-4-12(17)8-11(15)7-10/h4,6,10-11,13,18H,3,5,7-8H2,1-2H3/t10-,11?,13-,14-,15-/m0/s1. The highest BCUT2D eigenvalue weighted by atomic mass is 16.6. The molecule has 104 valence electrons. The van der Waals surface area contributed by atoms with Crippen molar-refractivity contribution >= 4 is 11.8 Å². The summed E-state index contributed by atoms with van der Waals surface area (Å²) < 4.78 is 5.48. The number of carbonyl (C=O) groups excluding carboxylic acids is 2. The van der Waals surface area contributed by atoms with Crippen LogP contribution in [0.4, 0.5) is 0 Å². The molecule has 0 aromatic carbocycles. The summed E-state index contributed by atoms with van der Waals surface area (Å²) in [6.07, 6.45) is 6.16. The number of ketones is 1. The van der Waals surface area contributed by atoms with E-state index in [9.17, 15) is 14.7 Å². The minimum absolute atomic E-state index is 0.114. The first-order valence-electron chi connectivity index (χ1n) is 6.98. The monoisotopic (exact) mass is 264 g/mol. The van der Waals surface area contributed by atoms with E-state index in [0.717, 1.165) is 19.3 Å². The van der Waals surface area contributed by atoms with Crippen LogP contribution in [0.25, 0.3) is 0 Å². The Morgan fingerprint density at radius 1 is 1.47 bits per heavy atom. The van der Waals surface area contributed by atoms with Crippen LogP contribution in [0.5, 0.6) is 0 Å². The summed E-state index contributed by atoms with van der Waals surface area (Å²) in [7, 11) is 0. The van der Waals surface area contributed by atoms with Crippen LogP contribution in [0.2, 0.25) is 0 Å². The number of hydrogen-bond donors (Lipinski definition) is 1. The SMILES string of the molecule is CC(=O)O[C@H]1[C@@](C)(O)[C@H]2CC[C@@]13C=CC(=O)CC3C2. The third kappa shape index (κ3) is 1.69. The molecule has 1 N–H and O–H groups in total. The van der Waals surface area contributed by atoms with Crippen LogP contribution in [0, 0.1) is 17.3 Å². The highest BCUT2D eigenvalue weighted by molar-refractivity contribution is 5.91. The van der Waals surface area contributed by atoms with Crippen LogP contribution in [0.1, 0.15) is 39.5 Å². The fourth-order valence-corrected chi connectivity index (χ4v) is 4.48. The molecular weight excluding hydrogens is 244 g/mol. The topological polar surface area (TPSA) is 63.6 Å². The van der Waals surface area contributed by atoms with Gasteiger partial charge in [-0.05, 0) is 44.1 Å². The number of hydrogen-bond acceptors (Lipinski definition) is 4. The molecule has 4 heteroatoms. The van der Waals surface area contributed by atoms with Crippen LogP contribution in [-0.2, 0) is 14.3 Å². The van der Waals surface area contributed by atoms with Gasteiger partial charge in [-0.15, -0.1) is 0 Å². The minimum atomic E-state index is -0.995. The fourth-order valence-electron chi connectivity index (χ4n) is 4.48. The van der Waals surface area contributed by atoms with Gasteiger partial charge in [0.05, 0.1) is 0 Å². The molecule has 0 aromatic rings. The maximum atomic E-state index is 11.6. The molecule has 0 saturated heterocycles. The lowest BCUT2D eigenvalue weighted by molar-refractivity contribution is -0.237. The molecule has 4 rings (SSSR count). The van der Waals surface area contributed by atoms with E-state index in [1.165, 1.54) is 6.92 Å². The van der Waals surface area contributed by atoms with E-state index in [-0.39, 0.29) is 29.0 Å². The van der Waals surface area contributed by atoms with Crippen molar-refractivity contribution in [3.63, 3.8) is 0 Å². The normalized spacial score (nSPS) is 47.9. The van der Waals surface area contributed by atoms with E-state index in [1.54, 1.807) is 13.0 Å². The Morgan fingerprint density at radius 3 is 2.89 bits per heavy atom. The first-order valence-corrected chi connectivity index (χ1v) is 6.98. The highest BCUT2D eigenvalue weighted by Gasteiger charge is 2.64. The molecule has 4 nitrogen and oxygen atoms in total. The Hall–Kier alpha value is -1.16. The van der Waals surface area contributed by atoms with Crippen LogP contribution in [-0.4, -0.2) is 28.6 Å². The Kier molecular flexibility index (Phi) is 2.65. The molecule has 1 spiro atoms. The number of aliphatic hydroxyl groups is 1. The van der Waals surface area contributed by atoms with E-state index in [1.807, 2.05) is 6.08 Å². The molecule has 19 heavy (non-hydrogen) atoms. The lowest BCUT2D eigenvalue weighted by atomic mass is 9.46. The lowest BCUT2D eigenvalue weighted by Crippen LogP contribution is -2.67. The molecule has 0 radical (unpaired) electrons. The predicted octanol–water partition coefficient (Wildman–Crippen LogP) is 1.61. The molecule has 2 bridgehead atoms. The van der Waals surface area contributed by atoms with Crippen molar-refractivity contribution in [2.45, 2.75) is 51.2 Å². The van der Waals surface area contributed by atoms with Gasteiger partial charge in [-0.1, -0.05) is 6.08 Å². The first kappa shape index (κ1) is 12.9. The van der Waals surface area contributed by atoms with Crippen molar-refractivity contribution in [2.24, 2.45) is 17.3 Å². The molecule has 3 fully saturated rings. The molecule has 0 aromatic heterocycles. The summed E-state index contributed by atoms with van der Waals surface area (Å²) in [4.78, 5) is 23.0. The zero-order chi connectivity index (χ0) is 13.8. The molecule has 5 atom stereocenters. The van der Waals surface area contributed by atoms with Gasteiger partial charge in [0.1, 0.15) is 11.7 Å². The van der Waals surface area contributed by atoms with Crippen molar-refractivity contribution < 1.29 is 19.4 Å². The lowest BCUT2D eigenvalue weighted by Gasteiger charge is -2.61. The minimum Gasteiger partial charge on any atom is -0.459 e. The van der Waals surface area contributed by atoms with E-state index >= 15 is 0 Å². The third-order valence-electron chi connectivity index (χ3n) is 5.41. The second-order valence-electron chi connectivity index (χ2n) is 6.50. The molecule has 4 aliphatic rings. The maximum absolute atomic E-state index is 11.6. The van der Waals surface area contributed by atoms with Gasteiger partial charge in [-0.25, -0.2) is 0 Å². The smallest absolute Gasteiger partial charge is 0.303 e. The summed E-state index contributed by atoms with van der Waals surface area (Å²) in [5, 5.41) is 10.8. The summed E-state index contributed by atoms with van der Waals surface area (Å²) in [6.45, 7) is 3.15. The second kappa shape index (κ2) is 3.92. The Bertz CT molecular complexity index is 465. The quantitative estimate of drug-likeness (QED) is 0.731. The number of fused-ring (bicyclic) bond motifs is 2. The van der Waals surface area contributed by atoms with Gasteiger partial charge in [0.2, 0.25) is 0 Å². The summed E-state index contributed by atoms with van der Waals surface area (Å²) in [6, 6.07) is 0. The molecule has 0 aliphatic heterocycles. The Balaban J connectivity index is 2.06. The average Bonchev–Trinajstić information content (AvgIpc) is 2.33. The average molecular weight is 264 g/mol. The van der Waals surface area contributed by atoms with Crippen molar-refractivity contribution in [3.05, 3.63) is 12.2 Å². The van der Waals surface area contributed by atoms with E-state index in [0.29, 0.717) is 6.42 Å². The number of carbonyl (C=O) groups is 2.